The molecule has 3 rings (SSSR count). The van der Waals surface area contributed by atoms with Gasteiger partial charge in [-0.25, -0.2) is 8.78 Å². The highest BCUT2D eigenvalue weighted by Gasteiger charge is 2.11. The van der Waals surface area contributed by atoms with Gasteiger partial charge in [0.1, 0.15) is 24.0 Å². The van der Waals surface area contributed by atoms with E-state index in [0.29, 0.717) is 12.4 Å². The number of hydrogen-bond donors (Lipinski definition) is 1. The standard InChI is InChI=1S/C21H16ClF2NO2/c22-16-5-10-19(20(24)11-16)21(26)25-12-14-3-8-18(9-4-14)27-13-15-1-6-17(23)7-2-15/h1-11H,12-13H2,(H,25,26). The van der Waals surface area contributed by atoms with Gasteiger partial charge in [-0.05, 0) is 53.6 Å². The number of rotatable bonds is 6. The molecule has 27 heavy (non-hydrogen) atoms. The van der Waals surface area contributed by atoms with Crippen LogP contribution in [0.2, 0.25) is 5.02 Å². The first-order valence-electron chi connectivity index (χ1n) is 8.21. The van der Waals surface area contributed by atoms with Gasteiger partial charge >= 0.3 is 0 Å². The van der Waals surface area contributed by atoms with Crippen LogP contribution in [0, 0.1) is 11.6 Å². The van der Waals surface area contributed by atoms with Crippen molar-refractivity contribution in [1.29, 1.82) is 0 Å². The molecule has 0 radical (unpaired) electrons. The quantitative estimate of drug-likeness (QED) is 0.637. The van der Waals surface area contributed by atoms with Crippen molar-refractivity contribution in [1.82, 2.24) is 5.32 Å². The zero-order valence-corrected chi connectivity index (χ0v) is 15.0. The van der Waals surface area contributed by atoms with E-state index >= 15 is 0 Å². The summed E-state index contributed by atoms with van der Waals surface area (Å²) in [5.74, 6) is -0.813. The maximum Gasteiger partial charge on any atom is 0.254 e. The highest BCUT2D eigenvalue weighted by atomic mass is 35.5. The molecule has 3 nitrogen and oxygen atoms in total. The number of amides is 1. The van der Waals surface area contributed by atoms with Crippen molar-refractivity contribution in [3.63, 3.8) is 0 Å². The van der Waals surface area contributed by atoms with E-state index in [2.05, 4.69) is 5.32 Å². The topological polar surface area (TPSA) is 38.3 Å². The molecule has 1 N–H and O–H groups in total. The summed E-state index contributed by atoms with van der Waals surface area (Å²) in [7, 11) is 0. The zero-order chi connectivity index (χ0) is 19.2. The summed E-state index contributed by atoms with van der Waals surface area (Å²) >= 11 is 5.68. The van der Waals surface area contributed by atoms with Gasteiger partial charge in [-0.1, -0.05) is 35.9 Å². The molecule has 138 valence electrons. The summed E-state index contributed by atoms with van der Waals surface area (Å²) < 4.78 is 32.3. The number of halogens is 3. The van der Waals surface area contributed by atoms with Crippen LogP contribution in [-0.4, -0.2) is 5.91 Å². The average Bonchev–Trinajstić information content (AvgIpc) is 2.66. The van der Waals surface area contributed by atoms with E-state index in [0.717, 1.165) is 17.2 Å². The lowest BCUT2D eigenvalue weighted by Crippen LogP contribution is -2.23. The smallest absolute Gasteiger partial charge is 0.254 e. The zero-order valence-electron chi connectivity index (χ0n) is 14.2. The Labute approximate surface area is 160 Å². The van der Waals surface area contributed by atoms with E-state index in [1.807, 2.05) is 0 Å². The Hall–Kier alpha value is -2.92. The molecular weight excluding hydrogens is 372 g/mol. The van der Waals surface area contributed by atoms with Crippen molar-refractivity contribution in [2.24, 2.45) is 0 Å². The molecule has 0 aliphatic rings. The molecule has 0 saturated heterocycles. The predicted molar refractivity (Wildman–Crippen MR) is 99.8 cm³/mol. The van der Waals surface area contributed by atoms with Crippen LogP contribution in [0.1, 0.15) is 21.5 Å². The molecule has 1 amide bonds. The first kappa shape index (κ1) is 18.9. The first-order valence-corrected chi connectivity index (χ1v) is 8.58. The van der Waals surface area contributed by atoms with Crippen molar-refractivity contribution in [2.45, 2.75) is 13.2 Å². The highest BCUT2D eigenvalue weighted by molar-refractivity contribution is 6.30. The molecule has 0 bridgehead atoms. The largest absolute Gasteiger partial charge is 0.489 e. The Morgan fingerprint density at radius 1 is 0.926 bits per heavy atom. The van der Waals surface area contributed by atoms with E-state index in [9.17, 15) is 13.6 Å². The minimum atomic E-state index is -0.662. The molecule has 0 heterocycles. The lowest BCUT2D eigenvalue weighted by Gasteiger charge is -2.09. The van der Waals surface area contributed by atoms with E-state index in [1.165, 1.54) is 24.3 Å². The van der Waals surface area contributed by atoms with Gasteiger partial charge in [-0.3, -0.25) is 4.79 Å². The summed E-state index contributed by atoms with van der Waals surface area (Å²) in [5.41, 5.74) is 1.64. The molecule has 0 fully saturated rings. The second kappa shape index (κ2) is 8.64. The summed E-state index contributed by atoms with van der Waals surface area (Å²) in [6, 6.07) is 17.2. The van der Waals surface area contributed by atoms with Crippen LogP contribution in [-0.2, 0) is 13.2 Å². The number of carbonyl (C=O) groups excluding carboxylic acids is 1. The van der Waals surface area contributed by atoms with Crippen LogP contribution >= 0.6 is 11.6 Å². The summed E-state index contributed by atoms with van der Waals surface area (Å²) in [6.45, 7) is 0.575. The predicted octanol–water partition coefficient (Wildman–Crippen LogP) is 5.13. The Morgan fingerprint density at radius 3 is 2.26 bits per heavy atom. The number of carbonyl (C=O) groups is 1. The molecule has 0 aliphatic carbocycles. The molecule has 0 saturated carbocycles. The van der Waals surface area contributed by atoms with Crippen molar-refractivity contribution in [3.8, 4) is 5.75 Å². The molecule has 3 aromatic rings. The summed E-state index contributed by atoms with van der Waals surface area (Å²) in [5, 5.41) is 2.90. The van der Waals surface area contributed by atoms with E-state index in [4.69, 9.17) is 16.3 Å². The number of ether oxygens (including phenoxy) is 1. The second-order valence-corrected chi connectivity index (χ2v) is 6.30. The molecule has 0 aliphatic heterocycles. The average molecular weight is 388 g/mol. The minimum absolute atomic E-state index is 0.0568. The number of nitrogens with one attached hydrogen (secondary N) is 1. The summed E-state index contributed by atoms with van der Waals surface area (Å²) in [6.07, 6.45) is 0. The van der Waals surface area contributed by atoms with E-state index in [1.54, 1.807) is 36.4 Å². The van der Waals surface area contributed by atoms with Crippen molar-refractivity contribution in [2.75, 3.05) is 0 Å². The third-order valence-corrected chi connectivity index (χ3v) is 4.11. The van der Waals surface area contributed by atoms with Crippen LogP contribution in [0.3, 0.4) is 0 Å². The van der Waals surface area contributed by atoms with E-state index in [-0.39, 0.29) is 22.9 Å². The van der Waals surface area contributed by atoms with Crippen molar-refractivity contribution >= 4 is 17.5 Å². The normalized spacial score (nSPS) is 10.5. The molecule has 0 aromatic heterocycles. The van der Waals surface area contributed by atoms with Gasteiger partial charge in [0.2, 0.25) is 0 Å². The third-order valence-electron chi connectivity index (χ3n) is 3.87. The highest BCUT2D eigenvalue weighted by Crippen LogP contribution is 2.16. The van der Waals surface area contributed by atoms with Gasteiger partial charge in [0, 0.05) is 11.6 Å². The number of benzene rings is 3. The third kappa shape index (κ3) is 5.28. The van der Waals surface area contributed by atoms with Crippen LogP contribution < -0.4 is 10.1 Å². The monoisotopic (exact) mass is 387 g/mol. The Balaban J connectivity index is 1.52. The van der Waals surface area contributed by atoms with Crippen LogP contribution in [0.15, 0.2) is 66.7 Å². The fourth-order valence-electron chi connectivity index (χ4n) is 2.40. The summed E-state index contributed by atoms with van der Waals surface area (Å²) in [4.78, 5) is 12.1. The lowest BCUT2D eigenvalue weighted by molar-refractivity contribution is 0.0947. The van der Waals surface area contributed by atoms with Gasteiger partial charge in [0.05, 0.1) is 5.56 Å². The van der Waals surface area contributed by atoms with Crippen molar-refractivity contribution < 1.29 is 18.3 Å². The maximum absolute atomic E-state index is 13.7. The van der Waals surface area contributed by atoms with Crippen LogP contribution in [0.25, 0.3) is 0 Å². The van der Waals surface area contributed by atoms with E-state index < -0.39 is 11.7 Å². The van der Waals surface area contributed by atoms with Crippen LogP contribution in [0.4, 0.5) is 8.78 Å². The Kier molecular flexibility index (Phi) is 6.04. The fourth-order valence-corrected chi connectivity index (χ4v) is 2.56. The first-order chi connectivity index (χ1) is 13.0. The molecule has 0 atom stereocenters. The van der Waals surface area contributed by atoms with Gasteiger partial charge in [-0.2, -0.15) is 0 Å². The molecule has 6 heteroatoms. The SMILES string of the molecule is O=C(NCc1ccc(OCc2ccc(F)cc2)cc1)c1ccc(Cl)cc1F. The van der Waals surface area contributed by atoms with Crippen molar-refractivity contribution in [3.05, 3.63) is 100 Å². The molecular formula is C21H16ClF2NO2. The van der Waals surface area contributed by atoms with Gasteiger partial charge in [-0.15, -0.1) is 0 Å². The van der Waals surface area contributed by atoms with Crippen LogP contribution in [0.5, 0.6) is 5.75 Å². The van der Waals surface area contributed by atoms with Gasteiger partial charge in [0.15, 0.2) is 0 Å². The second-order valence-electron chi connectivity index (χ2n) is 5.87. The maximum atomic E-state index is 13.7. The van der Waals surface area contributed by atoms with Gasteiger partial charge < -0.3 is 10.1 Å². The molecule has 3 aromatic carbocycles. The molecule has 0 spiro atoms. The minimum Gasteiger partial charge on any atom is -0.489 e. The fraction of sp³-hybridized carbons (Fsp3) is 0.0952. The Bertz CT molecular complexity index is 928. The molecule has 0 unspecified atom stereocenters. The Morgan fingerprint density at radius 2 is 1.59 bits per heavy atom. The lowest BCUT2D eigenvalue weighted by atomic mass is 10.1. The number of hydrogen-bond acceptors (Lipinski definition) is 2. The van der Waals surface area contributed by atoms with Gasteiger partial charge in [0.25, 0.3) is 5.91 Å².